The zero-order valence-corrected chi connectivity index (χ0v) is 12.5. The molecule has 4 aromatic rings. The van der Waals surface area contributed by atoms with E-state index in [1.807, 2.05) is 66.7 Å². The molecule has 0 fully saturated rings. The number of hydrogen-bond donors (Lipinski definition) is 0. The molecule has 0 unspecified atom stereocenters. The van der Waals surface area contributed by atoms with Crippen LogP contribution in [0.2, 0.25) is 0 Å². The van der Waals surface area contributed by atoms with Crippen LogP contribution >= 0.6 is 0 Å². The van der Waals surface area contributed by atoms with Crippen LogP contribution in [-0.2, 0) is 0 Å². The number of ketones is 1. The molecule has 0 bridgehead atoms. The standard InChI is InChI=1S/C21H15NO/c23-21(17-7-2-1-3-8-17)18-10-12-19(13-11-18)22-15-14-16-6-4-5-9-20(16)22/h1-15H. The Labute approximate surface area is 134 Å². The summed E-state index contributed by atoms with van der Waals surface area (Å²) >= 11 is 0. The lowest BCUT2D eigenvalue weighted by atomic mass is 10.0. The Bertz CT molecular complexity index is 966. The van der Waals surface area contributed by atoms with Gasteiger partial charge in [0.2, 0.25) is 0 Å². The average Bonchev–Trinajstić information content (AvgIpc) is 3.06. The maximum atomic E-state index is 12.4. The van der Waals surface area contributed by atoms with Gasteiger partial charge in [0.05, 0.1) is 5.52 Å². The summed E-state index contributed by atoms with van der Waals surface area (Å²) in [6, 6.07) is 27.5. The van der Waals surface area contributed by atoms with Gasteiger partial charge >= 0.3 is 0 Å². The minimum Gasteiger partial charge on any atom is -0.317 e. The lowest BCUT2D eigenvalue weighted by Crippen LogP contribution is -2.01. The number of para-hydroxylation sites is 1. The van der Waals surface area contributed by atoms with Crippen LogP contribution in [0, 0.1) is 0 Å². The molecule has 0 atom stereocenters. The smallest absolute Gasteiger partial charge is 0.193 e. The Kier molecular flexibility index (Phi) is 3.28. The second kappa shape index (κ2) is 5.58. The van der Waals surface area contributed by atoms with Gasteiger partial charge in [0.1, 0.15) is 0 Å². The number of carbonyl (C=O) groups is 1. The van der Waals surface area contributed by atoms with Crippen molar-refractivity contribution in [1.82, 2.24) is 4.57 Å². The molecule has 0 aliphatic carbocycles. The Morgan fingerprint density at radius 1 is 0.652 bits per heavy atom. The van der Waals surface area contributed by atoms with Crippen LogP contribution in [0.4, 0.5) is 0 Å². The molecule has 0 radical (unpaired) electrons. The van der Waals surface area contributed by atoms with Crippen molar-refractivity contribution in [3.63, 3.8) is 0 Å². The molecule has 0 saturated carbocycles. The Balaban J connectivity index is 1.70. The fourth-order valence-corrected chi connectivity index (χ4v) is 2.84. The second-order valence-corrected chi connectivity index (χ2v) is 5.49. The highest BCUT2D eigenvalue weighted by molar-refractivity contribution is 6.09. The highest BCUT2D eigenvalue weighted by Gasteiger charge is 2.09. The molecule has 2 nitrogen and oxygen atoms in total. The lowest BCUT2D eigenvalue weighted by Gasteiger charge is -2.07. The van der Waals surface area contributed by atoms with Crippen LogP contribution in [0.25, 0.3) is 16.6 Å². The first-order valence-electron chi connectivity index (χ1n) is 7.59. The molecule has 3 aromatic carbocycles. The quantitative estimate of drug-likeness (QED) is 0.495. The van der Waals surface area contributed by atoms with Crippen molar-refractivity contribution < 1.29 is 4.79 Å². The number of hydrogen-bond acceptors (Lipinski definition) is 1. The van der Waals surface area contributed by atoms with E-state index in [-0.39, 0.29) is 5.78 Å². The summed E-state index contributed by atoms with van der Waals surface area (Å²) in [4.78, 5) is 12.4. The maximum Gasteiger partial charge on any atom is 0.193 e. The number of aromatic nitrogens is 1. The first-order chi connectivity index (χ1) is 11.3. The van der Waals surface area contributed by atoms with Crippen LogP contribution in [0.3, 0.4) is 0 Å². The van der Waals surface area contributed by atoms with E-state index < -0.39 is 0 Å². The van der Waals surface area contributed by atoms with Gasteiger partial charge in [-0.2, -0.15) is 0 Å². The van der Waals surface area contributed by atoms with Gasteiger partial charge in [-0.3, -0.25) is 4.79 Å². The average molecular weight is 297 g/mol. The molecule has 1 aromatic heterocycles. The van der Waals surface area contributed by atoms with E-state index in [2.05, 4.69) is 29.0 Å². The molecule has 0 N–H and O–H groups in total. The topological polar surface area (TPSA) is 22.0 Å². The van der Waals surface area contributed by atoms with E-state index >= 15 is 0 Å². The van der Waals surface area contributed by atoms with Crippen molar-refractivity contribution >= 4 is 16.7 Å². The maximum absolute atomic E-state index is 12.4. The summed E-state index contributed by atoms with van der Waals surface area (Å²) in [5.74, 6) is 0.0505. The van der Waals surface area contributed by atoms with E-state index in [1.54, 1.807) is 0 Å². The zero-order chi connectivity index (χ0) is 15.6. The van der Waals surface area contributed by atoms with Crippen molar-refractivity contribution in [2.75, 3.05) is 0 Å². The van der Waals surface area contributed by atoms with Crippen LogP contribution in [0.5, 0.6) is 0 Å². The predicted octanol–water partition coefficient (Wildman–Crippen LogP) is 4.86. The van der Waals surface area contributed by atoms with E-state index in [0.717, 1.165) is 11.2 Å². The Morgan fingerprint density at radius 2 is 1.30 bits per heavy atom. The normalized spacial score (nSPS) is 10.8. The molecule has 0 spiro atoms. The van der Waals surface area contributed by atoms with Crippen molar-refractivity contribution in [2.24, 2.45) is 0 Å². The minimum atomic E-state index is 0.0505. The van der Waals surface area contributed by atoms with Gasteiger partial charge in [-0.25, -0.2) is 0 Å². The summed E-state index contributed by atoms with van der Waals surface area (Å²) in [7, 11) is 0. The van der Waals surface area contributed by atoms with Crippen LogP contribution in [0.1, 0.15) is 15.9 Å². The van der Waals surface area contributed by atoms with E-state index in [4.69, 9.17) is 0 Å². The third-order valence-corrected chi connectivity index (χ3v) is 4.04. The molecule has 4 rings (SSSR count). The largest absolute Gasteiger partial charge is 0.317 e. The summed E-state index contributed by atoms with van der Waals surface area (Å²) in [5, 5.41) is 1.21. The van der Waals surface area contributed by atoms with Crippen LogP contribution < -0.4 is 0 Å². The SMILES string of the molecule is O=C(c1ccccc1)c1ccc(-n2ccc3ccccc32)cc1. The van der Waals surface area contributed by atoms with Gasteiger partial charge < -0.3 is 4.57 Å². The number of rotatable bonds is 3. The van der Waals surface area contributed by atoms with E-state index in [9.17, 15) is 4.79 Å². The molecular formula is C21H15NO. The van der Waals surface area contributed by atoms with Gasteiger partial charge in [0.25, 0.3) is 0 Å². The van der Waals surface area contributed by atoms with E-state index in [0.29, 0.717) is 11.1 Å². The summed E-state index contributed by atoms with van der Waals surface area (Å²) < 4.78 is 2.13. The van der Waals surface area contributed by atoms with Gasteiger partial charge in [-0.05, 0) is 41.8 Å². The van der Waals surface area contributed by atoms with Gasteiger partial charge in [-0.1, -0.05) is 48.5 Å². The third kappa shape index (κ3) is 2.44. The van der Waals surface area contributed by atoms with Crippen molar-refractivity contribution in [3.05, 3.63) is 102 Å². The van der Waals surface area contributed by atoms with Crippen molar-refractivity contribution in [1.29, 1.82) is 0 Å². The summed E-state index contributed by atoms with van der Waals surface area (Å²) in [6.07, 6.45) is 2.05. The molecule has 0 aliphatic rings. The predicted molar refractivity (Wildman–Crippen MR) is 93.1 cm³/mol. The van der Waals surface area contributed by atoms with Gasteiger partial charge in [0, 0.05) is 23.0 Å². The monoisotopic (exact) mass is 297 g/mol. The third-order valence-electron chi connectivity index (χ3n) is 4.04. The molecule has 2 heteroatoms. The zero-order valence-electron chi connectivity index (χ0n) is 12.5. The number of carbonyl (C=O) groups excluding carboxylic acids is 1. The Hall–Kier alpha value is -3.13. The second-order valence-electron chi connectivity index (χ2n) is 5.49. The molecule has 0 aliphatic heterocycles. The van der Waals surface area contributed by atoms with Gasteiger partial charge in [-0.15, -0.1) is 0 Å². The van der Waals surface area contributed by atoms with Crippen LogP contribution in [0.15, 0.2) is 91.1 Å². The number of nitrogens with zero attached hydrogens (tertiary/aromatic N) is 1. The van der Waals surface area contributed by atoms with Crippen molar-refractivity contribution in [2.45, 2.75) is 0 Å². The molecule has 23 heavy (non-hydrogen) atoms. The first kappa shape index (κ1) is 13.5. The number of benzene rings is 3. The van der Waals surface area contributed by atoms with Gasteiger partial charge in [0.15, 0.2) is 5.78 Å². The Morgan fingerprint density at radius 3 is 2.09 bits per heavy atom. The molecule has 0 saturated heterocycles. The fourth-order valence-electron chi connectivity index (χ4n) is 2.84. The minimum absolute atomic E-state index is 0.0505. The molecular weight excluding hydrogens is 282 g/mol. The van der Waals surface area contributed by atoms with Crippen LogP contribution in [-0.4, -0.2) is 10.4 Å². The first-order valence-corrected chi connectivity index (χ1v) is 7.59. The fraction of sp³-hybridized carbons (Fsp3) is 0. The number of fused-ring (bicyclic) bond motifs is 1. The molecule has 0 amide bonds. The van der Waals surface area contributed by atoms with E-state index in [1.165, 1.54) is 5.39 Å². The molecule has 110 valence electrons. The highest BCUT2D eigenvalue weighted by atomic mass is 16.1. The highest BCUT2D eigenvalue weighted by Crippen LogP contribution is 2.21. The summed E-state index contributed by atoms with van der Waals surface area (Å²) in [5.41, 5.74) is 3.63. The van der Waals surface area contributed by atoms with Crippen molar-refractivity contribution in [3.8, 4) is 5.69 Å². The summed E-state index contributed by atoms with van der Waals surface area (Å²) in [6.45, 7) is 0. The lowest BCUT2D eigenvalue weighted by molar-refractivity contribution is 0.103. The molecule has 1 heterocycles.